The van der Waals surface area contributed by atoms with Gasteiger partial charge in [0.2, 0.25) is 0 Å². The Balaban J connectivity index is 3.32. The topological polar surface area (TPSA) is 93.5 Å². The van der Waals surface area contributed by atoms with Crippen molar-refractivity contribution in [3.05, 3.63) is 10.4 Å². The summed E-state index contributed by atoms with van der Waals surface area (Å²) in [5.74, 6) is -0.887. The molecule has 0 spiro atoms. The van der Waals surface area contributed by atoms with Crippen molar-refractivity contribution in [2.45, 2.75) is 0 Å². The summed E-state index contributed by atoms with van der Waals surface area (Å²) in [6.07, 6.45) is 0. The number of thiophene rings is 1. The molecule has 1 heterocycles. The van der Waals surface area contributed by atoms with Crippen LogP contribution in [0.15, 0.2) is 0 Å². The highest BCUT2D eigenvalue weighted by Gasteiger charge is 2.24. The zero-order chi connectivity index (χ0) is 12.3. The third kappa shape index (κ3) is 1.94. The predicted octanol–water partition coefficient (Wildman–Crippen LogP) is 0.518. The second-order valence-electron chi connectivity index (χ2n) is 2.87. The number of nitrogen functional groups attached to an aromatic ring is 1. The second kappa shape index (κ2) is 4.84. The maximum absolute atomic E-state index is 11.5. The molecule has 16 heavy (non-hydrogen) atoms. The molecule has 1 rings (SSSR count). The van der Waals surface area contributed by atoms with E-state index in [0.29, 0.717) is 9.88 Å². The number of methoxy groups -OCH3 is 1. The molecule has 4 N–H and O–H groups in total. The summed E-state index contributed by atoms with van der Waals surface area (Å²) in [5.41, 5.74) is 6.08. The Hall–Kier alpha value is -1.76. The Bertz CT molecular complexity index is 428. The molecule has 1 aromatic heterocycles. The molecule has 6 nitrogen and oxygen atoms in total. The highest BCUT2D eigenvalue weighted by atomic mass is 32.1. The first-order chi connectivity index (χ1) is 7.56. The van der Waals surface area contributed by atoms with Gasteiger partial charge in [0, 0.05) is 14.1 Å². The van der Waals surface area contributed by atoms with Crippen molar-refractivity contribution in [1.29, 1.82) is 0 Å². The average molecular weight is 243 g/mol. The van der Waals surface area contributed by atoms with Crippen LogP contribution >= 0.6 is 11.3 Å². The first kappa shape index (κ1) is 12.3. The van der Waals surface area contributed by atoms with Gasteiger partial charge >= 0.3 is 5.97 Å². The van der Waals surface area contributed by atoms with Crippen molar-refractivity contribution >= 4 is 33.9 Å². The molecule has 0 atom stereocenters. The van der Waals surface area contributed by atoms with E-state index in [2.05, 4.69) is 15.4 Å². The molecule has 0 aromatic carbocycles. The molecule has 0 aliphatic carbocycles. The van der Waals surface area contributed by atoms with E-state index in [9.17, 15) is 9.59 Å². The van der Waals surface area contributed by atoms with E-state index >= 15 is 0 Å². The number of carbonyl (C=O) groups is 2. The van der Waals surface area contributed by atoms with Crippen LogP contribution in [-0.4, -0.2) is 33.1 Å². The number of hydrogen-bond donors (Lipinski definition) is 3. The molecule has 1 amide bonds. The Morgan fingerprint density at radius 3 is 2.44 bits per heavy atom. The zero-order valence-electron chi connectivity index (χ0n) is 9.21. The monoisotopic (exact) mass is 243 g/mol. The summed E-state index contributed by atoms with van der Waals surface area (Å²) >= 11 is 1.11. The van der Waals surface area contributed by atoms with Crippen LogP contribution in [0.3, 0.4) is 0 Å². The van der Waals surface area contributed by atoms with Crippen molar-refractivity contribution in [2.24, 2.45) is 0 Å². The molecule has 7 heteroatoms. The minimum atomic E-state index is -0.562. The van der Waals surface area contributed by atoms with Crippen LogP contribution in [0.2, 0.25) is 0 Å². The van der Waals surface area contributed by atoms with E-state index in [-0.39, 0.29) is 17.2 Å². The summed E-state index contributed by atoms with van der Waals surface area (Å²) in [7, 11) is 4.40. The van der Waals surface area contributed by atoms with Gasteiger partial charge in [-0.1, -0.05) is 0 Å². The average Bonchev–Trinajstić information content (AvgIpc) is 2.64. The number of rotatable bonds is 3. The lowest BCUT2D eigenvalue weighted by molar-refractivity contribution is 0.0603. The minimum Gasteiger partial charge on any atom is -0.465 e. The first-order valence-electron chi connectivity index (χ1n) is 4.47. The third-order valence-corrected chi connectivity index (χ3v) is 3.22. The minimum absolute atomic E-state index is 0.139. The Morgan fingerprint density at radius 2 is 2.00 bits per heavy atom. The number of nitrogens with one attached hydrogen (secondary N) is 2. The SMILES string of the molecule is CNC(=O)c1sc(NC)c(C(=O)OC)c1N. The fourth-order valence-electron chi connectivity index (χ4n) is 1.21. The largest absolute Gasteiger partial charge is 0.465 e. The smallest absolute Gasteiger partial charge is 0.343 e. The quantitative estimate of drug-likeness (QED) is 0.673. The number of nitrogens with two attached hydrogens (primary N) is 1. The summed E-state index contributed by atoms with van der Waals surface area (Å²) in [5, 5.41) is 5.78. The van der Waals surface area contributed by atoms with Crippen molar-refractivity contribution in [3.63, 3.8) is 0 Å². The molecule has 0 saturated heterocycles. The number of ether oxygens (including phenoxy) is 1. The molecule has 88 valence electrons. The van der Waals surface area contributed by atoms with Crippen molar-refractivity contribution < 1.29 is 14.3 Å². The van der Waals surface area contributed by atoms with Gasteiger partial charge in [-0.2, -0.15) is 0 Å². The molecular weight excluding hydrogens is 230 g/mol. The van der Waals surface area contributed by atoms with E-state index in [1.807, 2.05) is 0 Å². The molecular formula is C9H13N3O3S. The maximum atomic E-state index is 11.5. The highest BCUT2D eigenvalue weighted by molar-refractivity contribution is 7.19. The number of amides is 1. The van der Waals surface area contributed by atoms with Crippen molar-refractivity contribution in [2.75, 3.05) is 32.3 Å². The van der Waals surface area contributed by atoms with Gasteiger partial charge in [-0.3, -0.25) is 4.79 Å². The van der Waals surface area contributed by atoms with Gasteiger partial charge in [-0.25, -0.2) is 4.79 Å². The maximum Gasteiger partial charge on any atom is 0.343 e. The van der Waals surface area contributed by atoms with Crippen LogP contribution in [-0.2, 0) is 4.74 Å². The highest BCUT2D eigenvalue weighted by Crippen LogP contribution is 2.35. The van der Waals surface area contributed by atoms with Crippen LogP contribution in [0, 0.1) is 0 Å². The molecule has 0 aliphatic rings. The summed E-state index contributed by atoms with van der Waals surface area (Å²) in [6.45, 7) is 0. The van der Waals surface area contributed by atoms with E-state index < -0.39 is 5.97 Å². The van der Waals surface area contributed by atoms with Gasteiger partial charge < -0.3 is 21.1 Å². The lowest BCUT2D eigenvalue weighted by atomic mass is 10.2. The van der Waals surface area contributed by atoms with Gasteiger partial charge in [-0.15, -0.1) is 11.3 Å². The summed E-state index contributed by atoms with van der Waals surface area (Å²) < 4.78 is 4.60. The molecule has 0 aliphatic heterocycles. The second-order valence-corrected chi connectivity index (χ2v) is 3.89. The number of carbonyl (C=O) groups excluding carboxylic acids is 2. The van der Waals surface area contributed by atoms with Gasteiger partial charge in [-0.05, 0) is 0 Å². The zero-order valence-corrected chi connectivity index (χ0v) is 10.0. The van der Waals surface area contributed by atoms with Crippen molar-refractivity contribution in [1.82, 2.24) is 5.32 Å². The Labute approximate surface area is 96.8 Å². The molecule has 0 unspecified atom stereocenters. The molecule has 0 bridgehead atoms. The Morgan fingerprint density at radius 1 is 1.38 bits per heavy atom. The lowest BCUT2D eigenvalue weighted by Gasteiger charge is -2.01. The van der Waals surface area contributed by atoms with Crippen LogP contribution in [0.1, 0.15) is 20.0 Å². The standard InChI is InChI=1S/C9H13N3O3S/c1-11-7(13)6-5(10)4(9(14)15-3)8(12-2)16-6/h12H,10H2,1-3H3,(H,11,13). The van der Waals surface area contributed by atoms with Gasteiger partial charge in [0.05, 0.1) is 12.8 Å². The third-order valence-electron chi connectivity index (χ3n) is 2.00. The lowest BCUT2D eigenvalue weighted by Crippen LogP contribution is -2.18. The van der Waals surface area contributed by atoms with E-state index in [0.717, 1.165) is 11.3 Å². The summed E-state index contributed by atoms with van der Waals surface area (Å²) in [6, 6.07) is 0. The Kier molecular flexibility index (Phi) is 3.73. The van der Waals surface area contributed by atoms with E-state index in [1.165, 1.54) is 14.2 Å². The van der Waals surface area contributed by atoms with Crippen LogP contribution in [0.4, 0.5) is 10.7 Å². The normalized spacial score (nSPS) is 9.69. The van der Waals surface area contributed by atoms with Crippen molar-refractivity contribution in [3.8, 4) is 0 Å². The number of hydrogen-bond acceptors (Lipinski definition) is 6. The molecule has 0 radical (unpaired) electrons. The van der Waals surface area contributed by atoms with Gasteiger partial charge in [0.25, 0.3) is 5.91 Å². The molecule has 1 aromatic rings. The van der Waals surface area contributed by atoms with E-state index in [1.54, 1.807) is 7.05 Å². The van der Waals surface area contributed by atoms with Crippen LogP contribution < -0.4 is 16.4 Å². The number of esters is 1. The molecule has 0 fully saturated rings. The predicted molar refractivity (Wildman–Crippen MR) is 63.0 cm³/mol. The summed E-state index contributed by atoms with van der Waals surface area (Å²) in [4.78, 5) is 23.2. The van der Waals surface area contributed by atoms with Crippen LogP contribution in [0.25, 0.3) is 0 Å². The number of anilines is 2. The van der Waals surface area contributed by atoms with Gasteiger partial charge in [0.15, 0.2) is 0 Å². The van der Waals surface area contributed by atoms with Gasteiger partial charge in [0.1, 0.15) is 15.4 Å². The molecule has 0 saturated carbocycles. The fraction of sp³-hybridized carbons (Fsp3) is 0.333. The first-order valence-corrected chi connectivity index (χ1v) is 5.28. The van der Waals surface area contributed by atoms with Crippen LogP contribution in [0.5, 0.6) is 0 Å². The fourth-order valence-corrected chi connectivity index (χ4v) is 2.22. The van der Waals surface area contributed by atoms with E-state index in [4.69, 9.17) is 5.73 Å².